The highest BCUT2D eigenvalue weighted by atomic mass is 32.2. The summed E-state index contributed by atoms with van der Waals surface area (Å²) in [6.07, 6.45) is 1.46. The van der Waals surface area contributed by atoms with E-state index < -0.39 is 10.0 Å². The molecular formula is C21H21N3O3S. The van der Waals surface area contributed by atoms with Crippen LogP contribution in [0.15, 0.2) is 88.9 Å². The van der Waals surface area contributed by atoms with E-state index in [-0.39, 0.29) is 4.90 Å². The van der Waals surface area contributed by atoms with Crippen molar-refractivity contribution in [3.05, 3.63) is 84.4 Å². The molecule has 0 radical (unpaired) electrons. The molecule has 0 aliphatic heterocycles. The first kappa shape index (κ1) is 19.4. The molecule has 3 aromatic rings. The predicted octanol–water partition coefficient (Wildman–Crippen LogP) is 4.14. The van der Waals surface area contributed by atoms with Gasteiger partial charge in [0.25, 0.3) is 10.0 Å². The zero-order chi connectivity index (χ0) is 19.8. The van der Waals surface area contributed by atoms with Crippen molar-refractivity contribution in [2.45, 2.75) is 11.8 Å². The Morgan fingerprint density at radius 2 is 1.54 bits per heavy atom. The van der Waals surface area contributed by atoms with Crippen LogP contribution in [-0.4, -0.2) is 21.2 Å². The number of nitrogens with one attached hydrogen (secondary N) is 2. The molecule has 0 heterocycles. The SMILES string of the molecule is CCOc1ccc(S(=O)(=O)N/N=C\c2ccc(Nc3ccccc3)cc2)cc1. The number of hydrogen-bond acceptors (Lipinski definition) is 5. The maximum absolute atomic E-state index is 12.3. The van der Waals surface area contributed by atoms with Gasteiger partial charge in [0, 0.05) is 11.4 Å². The van der Waals surface area contributed by atoms with Crippen LogP contribution in [0.3, 0.4) is 0 Å². The van der Waals surface area contributed by atoms with Crippen LogP contribution in [0.5, 0.6) is 5.75 Å². The van der Waals surface area contributed by atoms with Crippen LogP contribution in [0.25, 0.3) is 0 Å². The second-order valence-corrected chi connectivity index (χ2v) is 7.53. The minimum Gasteiger partial charge on any atom is -0.494 e. The van der Waals surface area contributed by atoms with E-state index in [1.807, 2.05) is 61.5 Å². The van der Waals surface area contributed by atoms with Crippen molar-refractivity contribution < 1.29 is 13.2 Å². The normalized spacial score (nSPS) is 11.3. The van der Waals surface area contributed by atoms with Gasteiger partial charge in [-0.05, 0) is 61.0 Å². The summed E-state index contributed by atoms with van der Waals surface area (Å²) in [7, 11) is -3.73. The van der Waals surface area contributed by atoms with Gasteiger partial charge in [0.2, 0.25) is 0 Å². The van der Waals surface area contributed by atoms with Crippen molar-refractivity contribution in [1.82, 2.24) is 4.83 Å². The summed E-state index contributed by atoms with van der Waals surface area (Å²) in [5, 5.41) is 7.13. The molecule has 0 aliphatic carbocycles. The highest BCUT2D eigenvalue weighted by Crippen LogP contribution is 2.17. The first-order valence-electron chi connectivity index (χ1n) is 8.77. The van der Waals surface area contributed by atoms with Crippen LogP contribution in [0.1, 0.15) is 12.5 Å². The van der Waals surface area contributed by atoms with Crippen LogP contribution in [0.2, 0.25) is 0 Å². The fraction of sp³-hybridized carbons (Fsp3) is 0.0952. The number of rotatable bonds is 8. The fourth-order valence-corrected chi connectivity index (χ4v) is 3.24. The average molecular weight is 395 g/mol. The smallest absolute Gasteiger partial charge is 0.276 e. The van der Waals surface area contributed by atoms with E-state index in [1.54, 1.807) is 12.1 Å². The Labute approximate surface area is 164 Å². The molecule has 6 nitrogen and oxygen atoms in total. The minimum atomic E-state index is -3.73. The Morgan fingerprint density at radius 1 is 0.893 bits per heavy atom. The Bertz CT molecular complexity index is 1020. The lowest BCUT2D eigenvalue weighted by Crippen LogP contribution is -2.18. The van der Waals surface area contributed by atoms with Crippen LogP contribution in [-0.2, 0) is 10.0 Å². The number of benzene rings is 3. The van der Waals surface area contributed by atoms with Gasteiger partial charge in [-0.2, -0.15) is 13.5 Å². The molecule has 0 atom stereocenters. The van der Waals surface area contributed by atoms with Crippen molar-refractivity contribution >= 4 is 27.6 Å². The number of para-hydroxylation sites is 1. The molecule has 0 unspecified atom stereocenters. The van der Waals surface area contributed by atoms with Crippen molar-refractivity contribution in [2.24, 2.45) is 5.10 Å². The van der Waals surface area contributed by atoms with E-state index in [2.05, 4.69) is 15.2 Å². The first-order valence-corrected chi connectivity index (χ1v) is 10.2. The molecule has 0 saturated heterocycles. The third kappa shape index (κ3) is 5.34. The zero-order valence-electron chi connectivity index (χ0n) is 15.4. The summed E-state index contributed by atoms with van der Waals surface area (Å²) in [5.74, 6) is 0.620. The van der Waals surface area contributed by atoms with Gasteiger partial charge in [-0.1, -0.05) is 30.3 Å². The number of sulfonamides is 1. The van der Waals surface area contributed by atoms with Crippen molar-refractivity contribution in [2.75, 3.05) is 11.9 Å². The van der Waals surface area contributed by atoms with E-state index >= 15 is 0 Å². The molecule has 0 aliphatic rings. The van der Waals surface area contributed by atoms with E-state index in [0.717, 1.165) is 16.9 Å². The summed E-state index contributed by atoms with van der Waals surface area (Å²) < 4.78 is 29.9. The molecule has 3 rings (SSSR count). The van der Waals surface area contributed by atoms with E-state index in [9.17, 15) is 8.42 Å². The second-order valence-electron chi connectivity index (χ2n) is 5.87. The summed E-state index contributed by atoms with van der Waals surface area (Å²) >= 11 is 0. The maximum atomic E-state index is 12.3. The van der Waals surface area contributed by atoms with Crippen LogP contribution >= 0.6 is 0 Å². The summed E-state index contributed by atoms with van der Waals surface area (Å²) in [6, 6.07) is 23.5. The second kappa shape index (κ2) is 9.05. The maximum Gasteiger partial charge on any atom is 0.276 e. The highest BCUT2D eigenvalue weighted by Gasteiger charge is 2.12. The van der Waals surface area contributed by atoms with Gasteiger partial charge in [-0.25, -0.2) is 4.83 Å². The van der Waals surface area contributed by atoms with Crippen molar-refractivity contribution in [3.8, 4) is 5.75 Å². The molecule has 0 bridgehead atoms. The molecule has 0 aromatic heterocycles. The molecule has 7 heteroatoms. The Balaban J connectivity index is 1.60. The van der Waals surface area contributed by atoms with Crippen LogP contribution in [0.4, 0.5) is 11.4 Å². The van der Waals surface area contributed by atoms with Gasteiger partial charge in [0.1, 0.15) is 5.75 Å². The Morgan fingerprint density at radius 3 is 2.18 bits per heavy atom. The molecule has 28 heavy (non-hydrogen) atoms. The van der Waals surface area contributed by atoms with Gasteiger partial charge in [-0.3, -0.25) is 0 Å². The summed E-state index contributed by atoms with van der Waals surface area (Å²) in [5.41, 5.74) is 2.69. The predicted molar refractivity (Wildman–Crippen MR) is 112 cm³/mol. The molecule has 144 valence electrons. The minimum absolute atomic E-state index is 0.121. The van der Waals surface area contributed by atoms with Gasteiger partial charge < -0.3 is 10.1 Å². The van der Waals surface area contributed by atoms with Gasteiger partial charge in [0.15, 0.2) is 0 Å². The molecule has 0 amide bonds. The zero-order valence-corrected chi connectivity index (χ0v) is 16.2. The number of anilines is 2. The molecule has 0 spiro atoms. The van der Waals surface area contributed by atoms with Crippen LogP contribution < -0.4 is 14.9 Å². The van der Waals surface area contributed by atoms with Crippen molar-refractivity contribution in [3.63, 3.8) is 0 Å². The number of hydrazone groups is 1. The summed E-state index contributed by atoms with van der Waals surface area (Å²) in [6.45, 7) is 2.39. The van der Waals surface area contributed by atoms with Crippen LogP contribution in [0, 0.1) is 0 Å². The van der Waals surface area contributed by atoms with Gasteiger partial charge in [0.05, 0.1) is 17.7 Å². The molecular weight excluding hydrogens is 374 g/mol. The standard InChI is InChI=1S/C21H21N3O3S/c1-2-27-20-12-14-21(15-13-20)28(25,26)24-22-16-17-8-10-19(11-9-17)23-18-6-4-3-5-7-18/h3-16,23-24H,2H2,1H3/b22-16-. The van der Waals surface area contributed by atoms with Gasteiger partial charge in [-0.15, -0.1) is 0 Å². The first-order chi connectivity index (χ1) is 13.6. The van der Waals surface area contributed by atoms with Gasteiger partial charge >= 0.3 is 0 Å². The van der Waals surface area contributed by atoms with E-state index in [0.29, 0.717) is 12.4 Å². The molecule has 0 saturated carbocycles. The highest BCUT2D eigenvalue weighted by molar-refractivity contribution is 7.89. The molecule has 2 N–H and O–H groups in total. The molecule has 0 fully saturated rings. The Hall–Kier alpha value is -3.32. The van der Waals surface area contributed by atoms with E-state index in [4.69, 9.17) is 4.74 Å². The largest absolute Gasteiger partial charge is 0.494 e. The Kier molecular flexibility index (Phi) is 6.29. The monoisotopic (exact) mass is 395 g/mol. The third-order valence-corrected chi connectivity index (χ3v) is 5.04. The topological polar surface area (TPSA) is 79.8 Å². The third-order valence-electron chi connectivity index (χ3n) is 3.80. The lowest BCUT2D eigenvalue weighted by atomic mass is 10.2. The average Bonchev–Trinajstić information content (AvgIpc) is 2.71. The fourth-order valence-electron chi connectivity index (χ4n) is 2.45. The lowest BCUT2D eigenvalue weighted by Gasteiger charge is -2.07. The van der Waals surface area contributed by atoms with Crippen molar-refractivity contribution in [1.29, 1.82) is 0 Å². The number of ether oxygens (including phenoxy) is 1. The quantitative estimate of drug-likeness (QED) is 0.444. The molecule has 3 aromatic carbocycles. The summed E-state index contributed by atoms with van der Waals surface area (Å²) in [4.78, 5) is 2.34. The number of nitrogens with zero attached hydrogens (tertiary/aromatic N) is 1. The van der Waals surface area contributed by atoms with E-state index in [1.165, 1.54) is 18.3 Å². The number of hydrogen-bond donors (Lipinski definition) is 2. The lowest BCUT2D eigenvalue weighted by molar-refractivity contribution is 0.340.